The Morgan fingerprint density at radius 2 is 0.974 bits per heavy atom. The Labute approximate surface area is 215 Å². The summed E-state index contributed by atoms with van der Waals surface area (Å²) < 4.78 is 92.3. The first-order valence-electron chi connectivity index (χ1n) is 12.5. The van der Waals surface area contributed by atoms with E-state index in [0.29, 0.717) is 23.9 Å². The predicted octanol–water partition coefficient (Wildman–Crippen LogP) is 6.18. The van der Waals surface area contributed by atoms with Crippen LogP contribution in [0.3, 0.4) is 0 Å². The third-order valence-electron chi connectivity index (χ3n) is 7.07. The number of nitrogens with one attached hydrogen (secondary N) is 2. The highest BCUT2D eigenvalue weighted by Gasteiger charge is 2.71. The molecule has 0 saturated carbocycles. The molecular weight excluding hydrogens is 506 g/mol. The fraction of sp³-hybridized carbons (Fsp3) is 0.357. The van der Waals surface area contributed by atoms with Gasteiger partial charge in [0.15, 0.2) is 12.4 Å². The maximum atomic E-state index is 14.7. The van der Waals surface area contributed by atoms with E-state index < -0.39 is 30.9 Å². The van der Waals surface area contributed by atoms with Crippen molar-refractivity contribution in [1.82, 2.24) is 0 Å². The zero-order chi connectivity index (χ0) is 27.0. The Bertz CT molecular complexity index is 1350. The number of halogens is 6. The standard InChI is InChI=1S/C28H26F6N4/c29-26(30)18-35-22-12-16-37(24-10-4-2-8-20(22)24)14-6-1-7-15-38-17-13-23(21-9-3-5-11-25(21)38)36-19-27(31,32)28(26,33)34/h2-5,8-13,16-17H,1,6-7,14-15,18-19H2/p+2. The van der Waals surface area contributed by atoms with Gasteiger partial charge in [-0.25, -0.2) is 0 Å². The summed E-state index contributed by atoms with van der Waals surface area (Å²) in [4.78, 5) is 0. The summed E-state index contributed by atoms with van der Waals surface area (Å²) in [5, 5.41) is 5.69. The van der Waals surface area contributed by atoms with Crippen LogP contribution < -0.4 is 19.8 Å². The summed E-state index contributed by atoms with van der Waals surface area (Å²) in [7, 11) is 0. The molecule has 38 heavy (non-hydrogen) atoms. The second-order valence-electron chi connectivity index (χ2n) is 9.63. The number of hydrogen-bond donors (Lipinski definition) is 2. The molecule has 4 aromatic rings. The van der Waals surface area contributed by atoms with Gasteiger partial charge in [-0.3, -0.25) is 0 Å². The lowest BCUT2D eigenvalue weighted by Crippen LogP contribution is -2.59. The number of para-hydroxylation sites is 2. The van der Waals surface area contributed by atoms with Crippen molar-refractivity contribution in [3.8, 4) is 0 Å². The number of benzene rings is 2. The molecule has 0 spiro atoms. The van der Waals surface area contributed by atoms with Crippen molar-refractivity contribution in [2.45, 2.75) is 50.1 Å². The van der Waals surface area contributed by atoms with Crippen LogP contribution in [0.15, 0.2) is 73.1 Å². The molecule has 0 unspecified atom stereocenters. The molecule has 0 aliphatic carbocycles. The van der Waals surface area contributed by atoms with E-state index in [1.165, 1.54) is 12.1 Å². The molecule has 3 heterocycles. The van der Waals surface area contributed by atoms with E-state index in [1.807, 2.05) is 21.3 Å². The molecule has 2 N–H and O–H groups in total. The summed E-state index contributed by atoms with van der Waals surface area (Å²) in [6.07, 6.45) is 6.06. The minimum Gasteiger partial charge on any atom is -0.378 e. The van der Waals surface area contributed by atoms with Crippen molar-refractivity contribution in [1.29, 1.82) is 0 Å². The highest BCUT2D eigenvalue weighted by Crippen LogP contribution is 2.46. The lowest BCUT2D eigenvalue weighted by atomic mass is 10.0. The van der Waals surface area contributed by atoms with Gasteiger partial charge in [-0.2, -0.15) is 35.5 Å². The van der Waals surface area contributed by atoms with Gasteiger partial charge in [-0.1, -0.05) is 24.3 Å². The predicted molar refractivity (Wildman–Crippen MR) is 134 cm³/mol. The molecule has 10 heteroatoms. The number of anilines is 2. The van der Waals surface area contributed by atoms with Crippen molar-refractivity contribution in [2.75, 3.05) is 23.7 Å². The topological polar surface area (TPSA) is 31.8 Å². The molecule has 0 fully saturated rings. The quantitative estimate of drug-likeness (QED) is 0.209. The third-order valence-corrected chi connectivity index (χ3v) is 7.07. The monoisotopic (exact) mass is 534 g/mol. The van der Waals surface area contributed by atoms with Crippen LogP contribution >= 0.6 is 0 Å². The van der Waals surface area contributed by atoms with Crippen LogP contribution in [-0.2, 0) is 13.1 Å². The summed E-state index contributed by atoms with van der Waals surface area (Å²) in [6, 6.07) is 17.0. The molecule has 5 rings (SSSR count). The number of rotatable bonds is 0. The molecule has 2 aromatic heterocycles. The van der Waals surface area contributed by atoms with Gasteiger partial charge in [-0.05, 0) is 18.6 Å². The summed E-state index contributed by atoms with van der Waals surface area (Å²) in [5.74, 6) is -15.7. The first-order valence-corrected chi connectivity index (χ1v) is 12.5. The first-order chi connectivity index (χ1) is 18.1. The van der Waals surface area contributed by atoms with Gasteiger partial charge in [0.25, 0.3) is 0 Å². The van der Waals surface area contributed by atoms with Crippen molar-refractivity contribution in [3.63, 3.8) is 0 Å². The maximum absolute atomic E-state index is 14.7. The minimum absolute atomic E-state index is 0.172. The van der Waals surface area contributed by atoms with E-state index in [4.69, 9.17) is 0 Å². The Morgan fingerprint density at radius 3 is 1.42 bits per heavy atom. The highest BCUT2D eigenvalue weighted by molar-refractivity contribution is 5.89. The van der Waals surface area contributed by atoms with Crippen LogP contribution in [0.5, 0.6) is 0 Å². The minimum atomic E-state index is -5.62. The molecule has 1 aliphatic rings. The number of aromatic nitrogens is 2. The Morgan fingerprint density at radius 1 is 0.553 bits per heavy atom. The molecular formula is C28H28F6N4+2. The van der Waals surface area contributed by atoms with Gasteiger partial charge < -0.3 is 10.6 Å². The van der Waals surface area contributed by atoms with Gasteiger partial charge in [0.05, 0.1) is 35.2 Å². The van der Waals surface area contributed by atoms with E-state index in [9.17, 15) is 26.3 Å². The molecule has 4 nitrogen and oxygen atoms in total. The molecule has 2 aromatic carbocycles. The van der Waals surface area contributed by atoms with Crippen molar-refractivity contribution < 1.29 is 35.5 Å². The fourth-order valence-electron chi connectivity index (χ4n) is 4.91. The molecule has 200 valence electrons. The first kappa shape index (κ1) is 26.1. The Hall–Kier alpha value is -3.56. The van der Waals surface area contributed by atoms with Crippen LogP contribution in [0.4, 0.5) is 37.7 Å². The third kappa shape index (κ3) is 4.72. The number of nitrogens with zero attached hydrogens (tertiary/aromatic N) is 2. The van der Waals surface area contributed by atoms with Crippen LogP contribution in [0.1, 0.15) is 19.3 Å². The fourth-order valence-corrected chi connectivity index (χ4v) is 4.91. The van der Waals surface area contributed by atoms with Crippen LogP contribution in [0.25, 0.3) is 21.8 Å². The number of alkyl halides is 6. The number of hydrogen-bond acceptors (Lipinski definition) is 2. The number of pyridine rings is 2. The SMILES string of the molecule is FC1(F)CNc2cc[n+](c3ccccc23)CCCCC[n+]2ccc(c3ccccc32)NCC(F)(F)C1(F)F. The molecule has 0 radical (unpaired) electrons. The lowest BCUT2D eigenvalue weighted by molar-refractivity contribution is -0.675. The van der Waals surface area contributed by atoms with Crippen molar-refractivity contribution in [2.24, 2.45) is 0 Å². The summed E-state index contributed by atoms with van der Waals surface area (Å²) >= 11 is 0. The van der Waals surface area contributed by atoms with Crippen LogP contribution in [-0.4, -0.2) is 30.9 Å². The summed E-state index contributed by atoms with van der Waals surface area (Å²) in [5.41, 5.74) is 1.80. The highest BCUT2D eigenvalue weighted by atomic mass is 19.3. The normalized spacial score (nSPS) is 19.6. The average Bonchev–Trinajstić information content (AvgIpc) is 2.90. The van der Waals surface area contributed by atoms with Gasteiger partial charge >= 0.3 is 17.8 Å². The lowest BCUT2D eigenvalue weighted by Gasteiger charge is -2.33. The molecule has 0 amide bonds. The Balaban J connectivity index is 1.53. The largest absolute Gasteiger partial charge is 0.378 e. The molecule has 4 bridgehead atoms. The van der Waals surface area contributed by atoms with Crippen molar-refractivity contribution in [3.05, 3.63) is 73.1 Å². The van der Waals surface area contributed by atoms with E-state index >= 15 is 0 Å². The van der Waals surface area contributed by atoms with E-state index in [1.54, 1.807) is 48.8 Å². The van der Waals surface area contributed by atoms with Gasteiger partial charge in [0.1, 0.15) is 13.1 Å². The maximum Gasteiger partial charge on any atom is 0.375 e. The summed E-state index contributed by atoms with van der Waals surface area (Å²) in [6.45, 7) is -1.96. The molecule has 1 aliphatic heterocycles. The van der Waals surface area contributed by atoms with Gasteiger partial charge in [0.2, 0.25) is 11.0 Å². The molecule has 0 atom stereocenters. The Kier molecular flexibility index (Phi) is 6.83. The number of aryl methyl sites for hydroxylation is 2. The van der Waals surface area contributed by atoms with E-state index in [0.717, 1.165) is 30.3 Å². The molecule has 0 saturated heterocycles. The van der Waals surface area contributed by atoms with Gasteiger partial charge in [-0.15, -0.1) is 0 Å². The van der Waals surface area contributed by atoms with E-state index in [-0.39, 0.29) is 11.4 Å². The van der Waals surface area contributed by atoms with E-state index in [2.05, 4.69) is 10.6 Å². The van der Waals surface area contributed by atoms with Gasteiger partial charge in [0, 0.05) is 37.1 Å². The van der Waals surface area contributed by atoms with Crippen molar-refractivity contribution >= 4 is 33.2 Å². The smallest absolute Gasteiger partial charge is 0.375 e. The average molecular weight is 535 g/mol. The second kappa shape index (κ2) is 9.96. The van der Waals surface area contributed by atoms with Crippen LogP contribution in [0, 0.1) is 0 Å². The zero-order valence-corrected chi connectivity index (χ0v) is 20.5. The van der Waals surface area contributed by atoms with Crippen LogP contribution in [0.2, 0.25) is 0 Å². The zero-order valence-electron chi connectivity index (χ0n) is 20.5. The number of fused-ring (bicyclic) bond motifs is 12. The second-order valence-corrected chi connectivity index (χ2v) is 9.63.